The first kappa shape index (κ1) is 21.7. The summed E-state index contributed by atoms with van der Waals surface area (Å²) in [7, 11) is 0. The van der Waals surface area contributed by atoms with E-state index in [4.69, 9.17) is 10.5 Å². The molecule has 1 saturated heterocycles. The average molecular weight is 501 g/mol. The van der Waals surface area contributed by atoms with Crippen LogP contribution in [-0.2, 0) is 0 Å². The van der Waals surface area contributed by atoms with Crippen LogP contribution in [0.3, 0.4) is 0 Å². The van der Waals surface area contributed by atoms with Crippen molar-refractivity contribution in [2.75, 3.05) is 37.6 Å². The zero-order valence-electron chi connectivity index (χ0n) is 15.9. The summed E-state index contributed by atoms with van der Waals surface area (Å²) in [5, 5.41) is 3.09. The minimum atomic E-state index is 0. The van der Waals surface area contributed by atoms with Crippen molar-refractivity contribution in [3.8, 4) is 5.75 Å². The zero-order valence-corrected chi connectivity index (χ0v) is 19.0. The number of benzene rings is 1. The first-order chi connectivity index (χ1) is 12.7. The molecule has 2 N–H and O–H groups in total. The van der Waals surface area contributed by atoms with Gasteiger partial charge in [-0.05, 0) is 31.0 Å². The number of aryl methyl sites for hydroxylation is 1. The maximum absolute atomic E-state index is 6.22. The maximum atomic E-state index is 6.22. The minimum Gasteiger partial charge on any atom is -0.489 e. The number of hydrogen-bond donors (Lipinski definition) is 1. The van der Waals surface area contributed by atoms with Crippen LogP contribution in [0.5, 0.6) is 5.75 Å². The highest BCUT2D eigenvalue weighted by atomic mass is 127. The third-order valence-electron chi connectivity index (χ3n) is 4.50. The van der Waals surface area contributed by atoms with Crippen LogP contribution in [-0.4, -0.2) is 54.7 Å². The van der Waals surface area contributed by atoms with Gasteiger partial charge in [0, 0.05) is 37.8 Å². The van der Waals surface area contributed by atoms with Crippen LogP contribution < -0.4 is 15.4 Å². The molecule has 3 rings (SSSR count). The number of rotatable bonds is 6. The van der Waals surface area contributed by atoms with Crippen molar-refractivity contribution in [3.63, 3.8) is 0 Å². The number of anilines is 1. The van der Waals surface area contributed by atoms with Crippen LogP contribution in [0.4, 0.5) is 5.13 Å². The lowest BCUT2D eigenvalue weighted by atomic mass is 10.2. The second-order valence-corrected chi connectivity index (χ2v) is 7.33. The summed E-state index contributed by atoms with van der Waals surface area (Å²) >= 11 is 1.68. The summed E-state index contributed by atoms with van der Waals surface area (Å²) in [4.78, 5) is 13.4. The van der Waals surface area contributed by atoms with E-state index < -0.39 is 0 Å². The third kappa shape index (κ3) is 6.24. The fourth-order valence-electron chi connectivity index (χ4n) is 2.93. The molecule has 0 saturated carbocycles. The van der Waals surface area contributed by atoms with E-state index in [2.05, 4.69) is 39.7 Å². The molecule has 27 heavy (non-hydrogen) atoms. The summed E-state index contributed by atoms with van der Waals surface area (Å²) < 4.78 is 6.05. The Morgan fingerprint density at radius 3 is 2.74 bits per heavy atom. The zero-order chi connectivity index (χ0) is 18.4. The number of nitrogens with zero attached hydrogens (tertiary/aromatic N) is 4. The SMILES string of the molecule is CCC(CN=C(N)N1CCN(c2nccs2)CC1)Oc1cccc(C)c1.I. The van der Waals surface area contributed by atoms with Crippen molar-refractivity contribution in [3.05, 3.63) is 41.4 Å². The first-order valence-electron chi connectivity index (χ1n) is 9.08. The summed E-state index contributed by atoms with van der Waals surface area (Å²) in [5.41, 5.74) is 7.41. The molecule has 8 heteroatoms. The minimum absolute atomic E-state index is 0. The van der Waals surface area contributed by atoms with Gasteiger partial charge in [0.2, 0.25) is 0 Å². The molecule has 2 heterocycles. The Labute approximate surface area is 182 Å². The first-order valence-corrected chi connectivity index (χ1v) is 9.96. The van der Waals surface area contributed by atoms with E-state index in [1.54, 1.807) is 11.3 Å². The van der Waals surface area contributed by atoms with Crippen molar-refractivity contribution < 1.29 is 4.74 Å². The molecule has 6 nitrogen and oxygen atoms in total. The third-order valence-corrected chi connectivity index (χ3v) is 5.33. The molecule has 0 amide bonds. The molecule has 2 aromatic rings. The van der Waals surface area contributed by atoms with Gasteiger partial charge in [0.05, 0.1) is 6.54 Å². The molecule has 1 unspecified atom stereocenters. The molecule has 0 radical (unpaired) electrons. The fourth-order valence-corrected chi connectivity index (χ4v) is 3.62. The van der Waals surface area contributed by atoms with Crippen LogP contribution in [0.25, 0.3) is 0 Å². The summed E-state index contributed by atoms with van der Waals surface area (Å²) in [6, 6.07) is 8.11. The predicted molar refractivity (Wildman–Crippen MR) is 124 cm³/mol. The van der Waals surface area contributed by atoms with Gasteiger partial charge >= 0.3 is 0 Å². The second-order valence-electron chi connectivity index (χ2n) is 6.45. The van der Waals surface area contributed by atoms with Gasteiger partial charge in [0.1, 0.15) is 11.9 Å². The van der Waals surface area contributed by atoms with Crippen LogP contribution in [0.15, 0.2) is 40.8 Å². The van der Waals surface area contributed by atoms with Crippen molar-refractivity contribution in [1.29, 1.82) is 0 Å². The maximum Gasteiger partial charge on any atom is 0.191 e. The van der Waals surface area contributed by atoms with E-state index in [9.17, 15) is 0 Å². The largest absolute Gasteiger partial charge is 0.489 e. The Balaban J connectivity index is 0.00000261. The summed E-state index contributed by atoms with van der Waals surface area (Å²) in [6.07, 6.45) is 2.77. The number of thiazole rings is 1. The smallest absolute Gasteiger partial charge is 0.191 e. The van der Waals surface area contributed by atoms with Crippen molar-refractivity contribution in [2.24, 2.45) is 10.7 Å². The Kier molecular flexibility index (Phi) is 8.62. The van der Waals surface area contributed by atoms with Gasteiger partial charge in [-0.2, -0.15) is 0 Å². The highest BCUT2D eigenvalue weighted by molar-refractivity contribution is 14.0. The van der Waals surface area contributed by atoms with E-state index >= 15 is 0 Å². The lowest BCUT2D eigenvalue weighted by Gasteiger charge is -2.35. The Morgan fingerprint density at radius 1 is 1.33 bits per heavy atom. The normalized spacial score (nSPS) is 16.0. The molecule has 1 aliphatic rings. The van der Waals surface area contributed by atoms with Crippen LogP contribution in [0, 0.1) is 6.92 Å². The van der Waals surface area contributed by atoms with Gasteiger partial charge in [0.15, 0.2) is 11.1 Å². The molecule has 148 valence electrons. The number of aromatic nitrogens is 1. The van der Waals surface area contributed by atoms with Gasteiger partial charge in [-0.1, -0.05) is 19.1 Å². The van der Waals surface area contributed by atoms with E-state index in [1.165, 1.54) is 5.56 Å². The molecule has 0 bridgehead atoms. The number of aliphatic imine (C=N–C) groups is 1. The summed E-state index contributed by atoms with van der Waals surface area (Å²) in [6.45, 7) is 8.31. The number of nitrogens with two attached hydrogens (primary N) is 1. The van der Waals surface area contributed by atoms with E-state index in [1.807, 2.05) is 29.8 Å². The van der Waals surface area contributed by atoms with Gasteiger partial charge in [-0.25, -0.2) is 9.98 Å². The van der Waals surface area contributed by atoms with E-state index in [-0.39, 0.29) is 30.1 Å². The standard InChI is InChI=1S/C19H27N5OS.HI/c1-3-16(25-17-6-4-5-15(2)13-17)14-22-18(20)23-8-10-24(11-9-23)19-21-7-12-26-19;/h4-7,12-13,16H,3,8-11,14H2,1-2H3,(H2,20,22);1H. The molecular weight excluding hydrogens is 473 g/mol. The number of halogens is 1. The highest BCUT2D eigenvalue weighted by Gasteiger charge is 2.20. The number of piperazine rings is 1. The molecule has 1 aliphatic heterocycles. The van der Waals surface area contributed by atoms with Crippen LogP contribution in [0.1, 0.15) is 18.9 Å². The van der Waals surface area contributed by atoms with Gasteiger partial charge < -0.3 is 20.3 Å². The molecule has 0 aliphatic carbocycles. The molecule has 1 atom stereocenters. The number of guanidine groups is 1. The van der Waals surface area contributed by atoms with Crippen LogP contribution >= 0.6 is 35.3 Å². The van der Waals surface area contributed by atoms with Gasteiger partial charge in [-0.3, -0.25) is 0 Å². The Morgan fingerprint density at radius 2 is 2.11 bits per heavy atom. The highest BCUT2D eigenvalue weighted by Crippen LogP contribution is 2.19. The van der Waals surface area contributed by atoms with Crippen molar-refractivity contribution in [2.45, 2.75) is 26.4 Å². The topological polar surface area (TPSA) is 67.0 Å². The molecule has 1 aromatic heterocycles. The summed E-state index contributed by atoms with van der Waals surface area (Å²) in [5.74, 6) is 1.50. The van der Waals surface area contributed by atoms with Crippen molar-refractivity contribution in [1.82, 2.24) is 9.88 Å². The predicted octanol–water partition coefficient (Wildman–Crippen LogP) is 3.36. The second kappa shape index (κ2) is 10.7. The fraction of sp³-hybridized carbons (Fsp3) is 0.474. The molecule has 1 aromatic carbocycles. The quantitative estimate of drug-likeness (QED) is 0.374. The number of hydrogen-bond acceptors (Lipinski definition) is 5. The van der Waals surface area contributed by atoms with Gasteiger partial charge in [-0.15, -0.1) is 35.3 Å². The number of ether oxygens (including phenoxy) is 1. The lowest BCUT2D eigenvalue weighted by molar-refractivity contribution is 0.205. The van der Waals surface area contributed by atoms with E-state index in [0.717, 1.165) is 43.5 Å². The molecular formula is C19H28IN5OS. The van der Waals surface area contributed by atoms with Gasteiger partial charge in [0.25, 0.3) is 0 Å². The van der Waals surface area contributed by atoms with E-state index in [0.29, 0.717) is 12.5 Å². The average Bonchev–Trinajstić information content (AvgIpc) is 3.20. The Hall–Kier alpha value is -1.55. The Bertz CT molecular complexity index is 717. The van der Waals surface area contributed by atoms with Crippen LogP contribution in [0.2, 0.25) is 0 Å². The lowest BCUT2D eigenvalue weighted by Crippen LogP contribution is -2.51. The monoisotopic (exact) mass is 501 g/mol. The molecule has 0 spiro atoms. The van der Waals surface area contributed by atoms with Crippen molar-refractivity contribution >= 4 is 46.4 Å². The molecule has 1 fully saturated rings.